The molecular formula is C28H39N5O3. The lowest BCUT2D eigenvalue weighted by Crippen LogP contribution is -2.74. The summed E-state index contributed by atoms with van der Waals surface area (Å²) in [6.45, 7) is 8.81. The molecule has 2 aromatic carbocycles. The maximum Gasteiger partial charge on any atom is 0.334 e. The predicted molar refractivity (Wildman–Crippen MR) is 140 cm³/mol. The number of hydrogen-bond acceptors (Lipinski definition) is 4. The summed E-state index contributed by atoms with van der Waals surface area (Å²) < 4.78 is 0. The first-order valence-electron chi connectivity index (χ1n) is 12.9. The van der Waals surface area contributed by atoms with Crippen LogP contribution in [0.3, 0.4) is 0 Å². The second-order valence-corrected chi connectivity index (χ2v) is 8.86. The van der Waals surface area contributed by atoms with Crippen LogP contribution in [-0.4, -0.2) is 70.0 Å². The van der Waals surface area contributed by atoms with Crippen LogP contribution in [0.1, 0.15) is 57.7 Å². The Morgan fingerprint density at radius 2 is 1.56 bits per heavy atom. The van der Waals surface area contributed by atoms with E-state index >= 15 is 0 Å². The summed E-state index contributed by atoms with van der Waals surface area (Å²) in [5.41, 5.74) is 1.75. The Kier molecular flexibility index (Phi) is 9.47. The van der Waals surface area contributed by atoms with Crippen molar-refractivity contribution in [2.75, 3.05) is 20.1 Å². The number of hydrazine groups is 1. The number of urea groups is 1. The first kappa shape index (κ1) is 27.2. The van der Waals surface area contributed by atoms with Crippen molar-refractivity contribution in [1.82, 2.24) is 25.1 Å². The van der Waals surface area contributed by atoms with Crippen LogP contribution < -0.4 is 5.32 Å². The van der Waals surface area contributed by atoms with Crippen LogP contribution in [-0.2, 0) is 16.1 Å². The average Bonchev–Trinajstić information content (AvgIpc) is 2.91. The van der Waals surface area contributed by atoms with E-state index in [1.807, 2.05) is 79.4 Å². The van der Waals surface area contributed by atoms with E-state index in [0.29, 0.717) is 6.54 Å². The molecule has 2 aliphatic rings. The molecule has 0 bridgehead atoms. The summed E-state index contributed by atoms with van der Waals surface area (Å²) in [5.74, 6) is -0.246. The minimum atomic E-state index is -0.758. The predicted octanol–water partition coefficient (Wildman–Crippen LogP) is 4.01. The third kappa shape index (κ3) is 5.54. The highest BCUT2D eigenvalue weighted by Crippen LogP contribution is 2.35. The number of piperazine rings is 1. The number of fused-ring (bicyclic) bond motifs is 1. The second kappa shape index (κ2) is 12.5. The van der Waals surface area contributed by atoms with Crippen molar-refractivity contribution in [3.05, 3.63) is 71.8 Å². The van der Waals surface area contributed by atoms with E-state index in [-0.39, 0.29) is 37.0 Å². The largest absolute Gasteiger partial charge is 0.334 e. The van der Waals surface area contributed by atoms with Crippen molar-refractivity contribution >= 4 is 17.8 Å². The summed E-state index contributed by atoms with van der Waals surface area (Å²) in [7, 11) is 1.74. The molecule has 4 amide bonds. The number of hydrogen-bond donors (Lipinski definition) is 1. The summed E-state index contributed by atoms with van der Waals surface area (Å²) in [4.78, 5) is 43.9. The Morgan fingerprint density at radius 1 is 0.972 bits per heavy atom. The van der Waals surface area contributed by atoms with Gasteiger partial charge in [0.15, 0.2) is 0 Å². The standard InChI is InChI=1S/C26H33N5O3.C2H6/c1-4-21(5-2)29-17-22-30(24(25(29)33)20-14-10-7-11-15-20)23(32)18-28(3)31(22)26(34)27-16-19-12-8-6-9-13-19;1-2/h6-15,21-22,24H,4-5,16-18H2,1-3H3,(H,27,34);1-2H3/t22?,24-;/m0./s1. The molecular weight excluding hydrogens is 454 g/mol. The summed E-state index contributed by atoms with van der Waals surface area (Å²) in [5, 5.41) is 6.25. The summed E-state index contributed by atoms with van der Waals surface area (Å²) in [6.07, 6.45) is 1.02. The topological polar surface area (TPSA) is 76.2 Å². The molecule has 8 heteroatoms. The van der Waals surface area contributed by atoms with Crippen LogP contribution in [0.4, 0.5) is 4.79 Å². The van der Waals surface area contributed by atoms with Gasteiger partial charge in [-0.25, -0.2) is 14.8 Å². The van der Waals surface area contributed by atoms with Gasteiger partial charge in [0.1, 0.15) is 12.2 Å². The number of nitrogens with one attached hydrogen (secondary N) is 1. The molecule has 2 atom stereocenters. The zero-order valence-corrected chi connectivity index (χ0v) is 22.1. The van der Waals surface area contributed by atoms with Gasteiger partial charge in [0, 0.05) is 19.6 Å². The lowest BCUT2D eigenvalue weighted by molar-refractivity contribution is -0.190. The SMILES string of the molecule is CC.CCC(CC)N1CC2N(C(=O)CN(C)N2C(=O)NCc2ccccc2)[C@@H](c2ccccc2)C1=O. The molecule has 2 aromatic rings. The number of amides is 4. The smallest absolute Gasteiger partial charge is 0.334 e. The summed E-state index contributed by atoms with van der Waals surface area (Å²) in [6, 6.07) is 18.1. The third-order valence-corrected chi connectivity index (χ3v) is 6.77. The lowest BCUT2D eigenvalue weighted by Gasteiger charge is -2.55. The molecule has 0 aromatic heterocycles. The highest BCUT2D eigenvalue weighted by molar-refractivity contribution is 5.92. The van der Waals surface area contributed by atoms with Gasteiger partial charge in [0.25, 0.3) is 0 Å². The van der Waals surface area contributed by atoms with Crippen molar-refractivity contribution in [1.29, 1.82) is 0 Å². The molecule has 2 saturated heterocycles. The van der Waals surface area contributed by atoms with Crippen LogP contribution in [0, 0.1) is 0 Å². The van der Waals surface area contributed by atoms with Crippen LogP contribution in [0.5, 0.6) is 0 Å². The highest BCUT2D eigenvalue weighted by Gasteiger charge is 2.52. The van der Waals surface area contributed by atoms with Crippen LogP contribution in [0.25, 0.3) is 0 Å². The fourth-order valence-corrected chi connectivity index (χ4v) is 5.03. The molecule has 1 unspecified atom stereocenters. The second-order valence-electron chi connectivity index (χ2n) is 8.86. The lowest BCUT2D eigenvalue weighted by atomic mass is 9.96. The maximum atomic E-state index is 13.8. The van der Waals surface area contributed by atoms with E-state index in [1.165, 1.54) is 0 Å². The molecule has 36 heavy (non-hydrogen) atoms. The van der Waals surface area contributed by atoms with Crippen LogP contribution >= 0.6 is 0 Å². The van der Waals surface area contributed by atoms with Gasteiger partial charge < -0.3 is 15.1 Å². The van der Waals surface area contributed by atoms with Crippen molar-refractivity contribution in [2.24, 2.45) is 0 Å². The van der Waals surface area contributed by atoms with E-state index in [0.717, 1.165) is 24.0 Å². The minimum absolute atomic E-state index is 0.0247. The van der Waals surface area contributed by atoms with Gasteiger partial charge in [-0.1, -0.05) is 88.4 Å². The Balaban J connectivity index is 0.00000176. The third-order valence-electron chi connectivity index (χ3n) is 6.77. The van der Waals surface area contributed by atoms with Crippen LogP contribution in [0.15, 0.2) is 60.7 Å². The first-order chi connectivity index (χ1) is 17.5. The normalized spacial score (nSPS) is 20.1. The number of carbonyl (C=O) groups excluding carboxylic acids is 3. The summed E-state index contributed by atoms with van der Waals surface area (Å²) >= 11 is 0. The Morgan fingerprint density at radius 3 is 2.14 bits per heavy atom. The van der Waals surface area contributed by atoms with E-state index in [4.69, 9.17) is 0 Å². The Labute approximate surface area is 214 Å². The highest BCUT2D eigenvalue weighted by atomic mass is 16.2. The van der Waals surface area contributed by atoms with Gasteiger partial charge in [-0.15, -0.1) is 0 Å². The average molecular weight is 494 g/mol. The van der Waals surface area contributed by atoms with Gasteiger partial charge >= 0.3 is 6.03 Å². The molecule has 8 nitrogen and oxygen atoms in total. The Hall–Kier alpha value is -3.39. The van der Waals surface area contributed by atoms with E-state index in [1.54, 1.807) is 22.0 Å². The number of nitrogens with zero attached hydrogens (tertiary/aromatic N) is 4. The molecule has 0 radical (unpaired) electrons. The van der Waals surface area contributed by atoms with Gasteiger partial charge in [-0.3, -0.25) is 9.59 Å². The van der Waals surface area contributed by atoms with Crippen molar-refractivity contribution in [3.8, 4) is 0 Å². The van der Waals surface area contributed by atoms with Crippen molar-refractivity contribution < 1.29 is 14.4 Å². The van der Waals surface area contributed by atoms with E-state index in [2.05, 4.69) is 19.2 Å². The molecule has 0 spiro atoms. The van der Waals surface area contributed by atoms with Gasteiger partial charge in [0.2, 0.25) is 11.8 Å². The first-order valence-corrected chi connectivity index (χ1v) is 12.9. The number of carbonyl (C=O) groups is 3. The molecule has 0 aliphatic carbocycles. The van der Waals surface area contributed by atoms with Gasteiger partial charge in [-0.2, -0.15) is 0 Å². The maximum absolute atomic E-state index is 13.8. The van der Waals surface area contributed by atoms with E-state index < -0.39 is 12.2 Å². The fourth-order valence-electron chi connectivity index (χ4n) is 5.03. The fraction of sp³-hybridized carbons (Fsp3) is 0.464. The van der Waals surface area contributed by atoms with Crippen molar-refractivity contribution in [3.63, 3.8) is 0 Å². The number of rotatable bonds is 6. The molecule has 2 fully saturated rings. The Bertz CT molecular complexity index is 1010. The van der Waals surface area contributed by atoms with Crippen LogP contribution in [0.2, 0.25) is 0 Å². The molecule has 2 heterocycles. The molecule has 2 aliphatic heterocycles. The molecule has 194 valence electrons. The minimum Gasteiger partial charge on any atom is -0.334 e. The molecule has 1 N–H and O–H groups in total. The molecule has 4 rings (SSSR count). The number of benzene rings is 2. The van der Waals surface area contributed by atoms with Gasteiger partial charge in [-0.05, 0) is 24.0 Å². The monoisotopic (exact) mass is 493 g/mol. The van der Waals surface area contributed by atoms with Crippen molar-refractivity contribution in [2.45, 2.75) is 65.3 Å². The number of likely N-dealkylation sites (N-methyl/N-ethyl adjacent to an activating group) is 1. The zero-order valence-electron chi connectivity index (χ0n) is 22.1. The van der Waals surface area contributed by atoms with E-state index in [9.17, 15) is 14.4 Å². The molecule has 0 saturated carbocycles. The van der Waals surface area contributed by atoms with Gasteiger partial charge in [0.05, 0.1) is 13.1 Å². The zero-order chi connectivity index (χ0) is 26.2. The quantitative estimate of drug-likeness (QED) is 0.660.